The number of carboxylic acids is 1. The Morgan fingerprint density at radius 1 is 1.06 bits per heavy atom. The van der Waals surface area contributed by atoms with Crippen molar-refractivity contribution in [3.05, 3.63) is 70.8 Å². The standard InChI is InChI=1S/C26H35NO3.ClH/c1-20-9-3-5-12-23(20)25(24-13-6-4-10-21(24)2)14-18-30-17-8-16-27-15-7-11-22(19-27)26(28)29;/h3-6,9-10,12-13,22,25H,7-8,11,14-19H2,1-2H3,(H,28,29);1H/t22-;/m1./s1. The van der Waals surface area contributed by atoms with Gasteiger partial charge in [-0.05, 0) is 68.3 Å². The van der Waals surface area contributed by atoms with Gasteiger partial charge in [0.05, 0.1) is 5.92 Å². The van der Waals surface area contributed by atoms with Gasteiger partial charge in [-0.1, -0.05) is 48.5 Å². The Morgan fingerprint density at radius 3 is 2.26 bits per heavy atom. The molecule has 0 spiro atoms. The van der Waals surface area contributed by atoms with Crippen LogP contribution in [0.1, 0.15) is 53.9 Å². The van der Waals surface area contributed by atoms with Gasteiger partial charge in [-0.2, -0.15) is 0 Å². The van der Waals surface area contributed by atoms with E-state index in [-0.39, 0.29) is 18.3 Å². The van der Waals surface area contributed by atoms with Crippen molar-refractivity contribution >= 4 is 18.4 Å². The van der Waals surface area contributed by atoms with Gasteiger partial charge >= 0.3 is 5.97 Å². The highest BCUT2D eigenvalue weighted by Crippen LogP contribution is 2.32. The highest BCUT2D eigenvalue weighted by atomic mass is 35.5. The summed E-state index contributed by atoms with van der Waals surface area (Å²) in [5, 5.41) is 9.23. The van der Waals surface area contributed by atoms with Crippen LogP contribution >= 0.6 is 12.4 Å². The number of carboxylic acid groups (broad SMARTS) is 1. The molecular formula is C26H36ClNO3. The van der Waals surface area contributed by atoms with E-state index in [1.54, 1.807) is 0 Å². The number of benzene rings is 2. The number of aliphatic carboxylic acids is 1. The monoisotopic (exact) mass is 445 g/mol. The fraction of sp³-hybridized carbons (Fsp3) is 0.500. The SMILES string of the molecule is Cc1ccccc1C(CCOCCCN1CCC[C@@H](C(=O)O)C1)c1ccccc1C.Cl. The smallest absolute Gasteiger partial charge is 0.307 e. The van der Waals surface area contributed by atoms with E-state index in [1.165, 1.54) is 22.3 Å². The van der Waals surface area contributed by atoms with Gasteiger partial charge in [0.2, 0.25) is 0 Å². The van der Waals surface area contributed by atoms with E-state index in [4.69, 9.17) is 4.74 Å². The van der Waals surface area contributed by atoms with E-state index in [9.17, 15) is 9.90 Å². The first-order chi connectivity index (χ1) is 14.6. The lowest BCUT2D eigenvalue weighted by Crippen LogP contribution is -2.39. The zero-order valence-corrected chi connectivity index (χ0v) is 19.6. The fourth-order valence-electron chi connectivity index (χ4n) is 4.59. The lowest BCUT2D eigenvalue weighted by atomic mass is 9.84. The molecule has 0 aromatic heterocycles. The number of aryl methyl sites for hydroxylation is 2. The van der Waals surface area contributed by atoms with Crippen LogP contribution in [0.4, 0.5) is 0 Å². The summed E-state index contributed by atoms with van der Waals surface area (Å²) in [6, 6.07) is 17.3. The Balaban J connectivity index is 0.00000341. The molecule has 1 N–H and O–H groups in total. The van der Waals surface area contributed by atoms with Crippen LogP contribution in [0.25, 0.3) is 0 Å². The minimum atomic E-state index is -0.658. The predicted molar refractivity (Wildman–Crippen MR) is 128 cm³/mol. The third-order valence-electron chi connectivity index (χ3n) is 6.30. The van der Waals surface area contributed by atoms with E-state index in [2.05, 4.69) is 67.3 Å². The van der Waals surface area contributed by atoms with Crippen LogP contribution in [0.5, 0.6) is 0 Å². The molecule has 1 aliphatic rings. The second kappa shape index (κ2) is 12.8. The summed E-state index contributed by atoms with van der Waals surface area (Å²) < 4.78 is 6.01. The van der Waals surface area contributed by atoms with Gasteiger partial charge < -0.3 is 14.7 Å². The molecule has 0 radical (unpaired) electrons. The third kappa shape index (κ3) is 7.34. The third-order valence-corrected chi connectivity index (χ3v) is 6.30. The van der Waals surface area contributed by atoms with E-state index >= 15 is 0 Å². The molecular weight excluding hydrogens is 410 g/mol. The molecule has 3 rings (SSSR count). The van der Waals surface area contributed by atoms with Crippen molar-refractivity contribution in [3.8, 4) is 0 Å². The summed E-state index contributed by atoms with van der Waals surface area (Å²) >= 11 is 0. The molecule has 2 aromatic carbocycles. The predicted octanol–water partition coefficient (Wildman–Crippen LogP) is 5.45. The number of piperidine rings is 1. The Hall–Kier alpha value is -1.88. The number of likely N-dealkylation sites (tertiary alicyclic amines) is 1. The van der Waals surface area contributed by atoms with E-state index in [0.29, 0.717) is 12.5 Å². The number of carbonyl (C=O) groups is 1. The van der Waals surface area contributed by atoms with Crippen LogP contribution in [0.2, 0.25) is 0 Å². The van der Waals surface area contributed by atoms with Crippen LogP contribution in [0.15, 0.2) is 48.5 Å². The molecule has 0 unspecified atom stereocenters. The summed E-state index contributed by atoms with van der Waals surface area (Å²) in [6.07, 6.45) is 3.69. The molecule has 5 heteroatoms. The second-order valence-corrected chi connectivity index (χ2v) is 8.50. The Bertz CT molecular complexity index is 780. The summed E-state index contributed by atoms with van der Waals surface area (Å²) in [5.74, 6) is -0.524. The average molecular weight is 446 g/mol. The van der Waals surface area contributed by atoms with E-state index in [0.717, 1.165) is 52.0 Å². The Labute approximate surface area is 193 Å². The summed E-state index contributed by atoms with van der Waals surface area (Å²) in [6.45, 7) is 8.43. The van der Waals surface area contributed by atoms with Crippen LogP contribution in [-0.2, 0) is 9.53 Å². The summed E-state index contributed by atoms with van der Waals surface area (Å²) in [4.78, 5) is 13.5. The molecule has 1 heterocycles. The van der Waals surface area contributed by atoms with Crippen molar-refractivity contribution in [2.75, 3.05) is 32.8 Å². The Morgan fingerprint density at radius 2 is 1.68 bits per heavy atom. The molecule has 0 aliphatic carbocycles. The average Bonchev–Trinajstić information content (AvgIpc) is 2.75. The molecule has 1 saturated heterocycles. The molecule has 4 nitrogen and oxygen atoms in total. The van der Waals surface area contributed by atoms with Gasteiger partial charge in [-0.3, -0.25) is 4.79 Å². The van der Waals surface area contributed by atoms with Crippen LogP contribution in [0.3, 0.4) is 0 Å². The fourth-order valence-corrected chi connectivity index (χ4v) is 4.59. The first kappa shape index (κ1) is 25.4. The maximum Gasteiger partial charge on any atom is 0.307 e. The quantitative estimate of drug-likeness (QED) is 0.494. The maximum atomic E-state index is 11.2. The van der Waals surface area contributed by atoms with Crippen molar-refractivity contribution < 1.29 is 14.6 Å². The van der Waals surface area contributed by atoms with Crippen molar-refractivity contribution in [1.29, 1.82) is 0 Å². The maximum absolute atomic E-state index is 11.2. The van der Waals surface area contributed by atoms with Crippen molar-refractivity contribution in [1.82, 2.24) is 4.90 Å². The number of hydrogen-bond acceptors (Lipinski definition) is 3. The van der Waals surface area contributed by atoms with Gasteiger partial charge in [0, 0.05) is 32.2 Å². The number of halogens is 1. The zero-order chi connectivity index (χ0) is 21.3. The normalized spacial score (nSPS) is 16.8. The van der Waals surface area contributed by atoms with Crippen LogP contribution < -0.4 is 0 Å². The molecule has 2 aromatic rings. The molecule has 0 saturated carbocycles. The van der Waals surface area contributed by atoms with Crippen LogP contribution in [0, 0.1) is 19.8 Å². The van der Waals surface area contributed by atoms with Crippen molar-refractivity contribution in [3.63, 3.8) is 0 Å². The Kier molecular flexibility index (Phi) is 10.5. The zero-order valence-electron chi connectivity index (χ0n) is 18.8. The number of rotatable bonds is 10. The lowest BCUT2D eigenvalue weighted by molar-refractivity contribution is -0.143. The molecule has 0 bridgehead atoms. The van der Waals surface area contributed by atoms with Gasteiger partial charge in [-0.25, -0.2) is 0 Å². The summed E-state index contributed by atoms with van der Waals surface area (Å²) in [5.41, 5.74) is 5.40. The topological polar surface area (TPSA) is 49.8 Å². The van der Waals surface area contributed by atoms with E-state index < -0.39 is 5.97 Å². The van der Waals surface area contributed by atoms with Crippen LogP contribution in [-0.4, -0.2) is 48.8 Å². The van der Waals surface area contributed by atoms with Crippen molar-refractivity contribution in [2.45, 2.75) is 45.4 Å². The molecule has 1 atom stereocenters. The lowest BCUT2D eigenvalue weighted by Gasteiger charge is -2.30. The molecule has 1 aliphatic heterocycles. The summed E-state index contributed by atoms with van der Waals surface area (Å²) in [7, 11) is 0. The number of hydrogen-bond donors (Lipinski definition) is 1. The largest absolute Gasteiger partial charge is 0.481 e. The van der Waals surface area contributed by atoms with Crippen molar-refractivity contribution in [2.24, 2.45) is 5.92 Å². The molecule has 1 fully saturated rings. The first-order valence-corrected chi connectivity index (χ1v) is 11.2. The van der Waals surface area contributed by atoms with Gasteiger partial charge in [0.15, 0.2) is 0 Å². The first-order valence-electron chi connectivity index (χ1n) is 11.2. The highest BCUT2D eigenvalue weighted by Gasteiger charge is 2.24. The number of nitrogens with zero attached hydrogens (tertiary/aromatic N) is 1. The minimum Gasteiger partial charge on any atom is -0.481 e. The van der Waals surface area contributed by atoms with E-state index in [1.807, 2.05) is 0 Å². The second-order valence-electron chi connectivity index (χ2n) is 8.50. The molecule has 170 valence electrons. The molecule has 0 amide bonds. The van der Waals surface area contributed by atoms with Gasteiger partial charge in [0.1, 0.15) is 0 Å². The molecule has 31 heavy (non-hydrogen) atoms. The minimum absolute atomic E-state index is 0. The van der Waals surface area contributed by atoms with Gasteiger partial charge in [-0.15, -0.1) is 12.4 Å². The van der Waals surface area contributed by atoms with Gasteiger partial charge in [0.25, 0.3) is 0 Å². The number of ether oxygens (including phenoxy) is 1. The highest BCUT2D eigenvalue weighted by molar-refractivity contribution is 5.85.